The summed E-state index contributed by atoms with van der Waals surface area (Å²) < 4.78 is 5.22. The maximum Gasteiger partial charge on any atom is 0.162 e. The number of aromatic nitrogens is 2. The second-order valence-corrected chi connectivity index (χ2v) is 3.04. The van der Waals surface area contributed by atoms with E-state index < -0.39 is 0 Å². The van der Waals surface area contributed by atoms with E-state index in [4.69, 9.17) is 4.74 Å². The normalized spacial score (nSPS) is 16.9. The summed E-state index contributed by atoms with van der Waals surface area (Å²) in [6.45, 7) is 1.98. The quantitative estimate of drug-likeness (QED) is 0.699. The number of rotatable bonds is 2. The van der Waals surface area contributed by atoms with Crippen molar-refractivity contribution in [3.05, 3.63) is 11.4 Å². The van der Waals surface area contributed by atoms with Gasteiger partial charge in [0.1, 0.15) is 5.69 Å². The molecule has 60 valence electrons. The maximum absolute atomic E-state index is 5.22. The predicted molar refractivity (Wildman–Crippen MR) is 41.9 cm³/mol. The van der Waals surface area contributed by atoms with Crippen LogP contribution >= 0.6 is 0 Å². The van der Waals surface area contributed by atoms with Gasteiger partial charge in [0.05, 0.1) is 12.8 Å². The topological polar surface area (TPSA) is 37.9 Å². The molecule has 3 heteroatoms. The van der Waals surface area contributed by atoms with Gasteiger partial charge in [-0.3, -0.25) is 5.10 Å². The van der Waals surface area contributed by atoms with Crippen molar-refractivity contribution in [1.82, 2.24) is 10.2 Å². The van der Waals surface area contributed by atoms with Gasteiger partial charge in [-0.1, -0.05) is 0 Å². The molecule has 1 saturated carbocycles. The highest BCUT2D eigenvalue weighted by atomic mass is 16.5. The summed E-state index contributed by atoms with van der Waals surface area (Å²) in [5.74, 6) is 1.61. The number of aromatic amines is 1. The van der Waals surface area contributed by atoms with Gasteiger partial charge < -0.3 is 4.74 Å². The van der Waals surface area contributed by atoms with Gasteiger partial charge in [-0.25, -0.2) is 0 Å². The summed E-state index contributed by atoms with van der Waals surface area (Å²) in [5, 5.41) is 7.13. The van der Waals surface area contributed by atoms with Crippen molar-refractivity contribution in [2.24, 2.45) is 0 Å². The van der Waals surface area contributed by atoms with Crippen molar-refractivity contribution in [2.45, 2.75) is 25.7 Å². The van der Waals surface area contributed by atoms with Crippen molar-refractivity contribution in [3.63, 3.8) is 0 Å². The van der Waals surface area contributed by atoms with Crippen LogP contribution in [-0.2, 0) is 0 Å². The van der Waals surface area contributed by atoms with E-state index in [-0.39, 0.29) is 0 Å². The fourth-order valence-corrected chi connectivity index (χ4v) is 1.33. The second-order valence-electron chi connectivity index (χ2n) is 3.04. The van der Waals surface area contributed by atoms with Crippen LogP contribution in [0.4, 0.5) is 0 Å². The summed E-state index contributed by atoms with van der Waals surface area (Å²) in [4.78, 5) is 0. The zero-order valence-corrected chi connectivity index (χ0v) is 6.85. The largest absolute Gasteiger partial charge is 0.493 e. The van der Waals surface area contributed by atoms with Crippen molar-refractivity contribution < 1.29 is 4.74 Å². The number of methoxy groups -OCH3 is 1. The molecular weight excluding hydrogens is 140 g/mol. The van der Waals surface area contributed by atoms with E-state index in [0.717, 1.165) is 17.1 Å². The molecule has 1 aromatic heterocycles. The molecule has 1 aliphatic rings. The maximum atomic E-state index is 5.22. The first-order valence-corrected chi connectivity index (χ1v) is 3.91. The molecule has 0 spiro atoms. The van der Waals surface area contributed by atoms with Crippen molar-refractivity contribution in [1.29, 1.82) is 0 Å². The lowest BCUT2D eigenvalue weighted by molar-refractivity contribution is 0.407. The van der Waals surface area contributed by atoms with Crippen LogP contribution in [0.15, 0.2) is 0 Å². The van der Waals surface area contributed by atoms with E-state index in [1.54, 1.807) is 7.11 Å². The number of hydrogen-bond donors (Lipinski definition) is 1. The molecule has 1 fully saturated rings. The molecule has 1 aromatic rings. The predicted octanol–water partition coefficient (Wildman–Crippen LogP) is 1.60. The number of ether oxygens (including phenoxy) is 1. The Labute approximate surface area is 65.8 Å². The third-order valence-electron chi connectivity index (χ3n) is 2.09. The summed E-state index contributed by atoms with van der Waals surface area (Å²) >= 11 is 0. The third-order valence-corrected chi connectivity index (χ3v) is 2.09. The zero-order valence-electron chi connectivity index (χ0n) is 6.85. The minimum Gasteiger partial charge on any atom is -0.493 e. The molecule has 0 aromatic carbocycles. The molecule has 11 heavy (non-hydrogen) atoms. The monoisotopic (exact) mass is 152 g/mol. The fourth-order valence-electron chi connectivity index (χ4n) is 1.33. The number of nitrogens with zero attached hydrogens (tertiary/aromatic N) is 1. The summed E-state index contributed by atoms with van der Waals surface area (Å²) in [7, 11) is 1.70. The van der Waals surface area contributed by atoms with E-state index in [9.17, 15) is 0 Å². The number of H-pyrrole nitrogens is 1. The minimum atomic E-state index is 0.662. The highest BCUT2D eigenvalue weighted by Gasteiger charge is 2.30. The second kappa shape index (κ2) is 2.26. The van der Waals surface area contributed by atoms with Crippen LogP contribution in [-0.4, -0.2) is 17.3 Å². The van der Waals surface area contributed by atoms with Gasteiger partial charge in [0.15, 0.2) is 5.75 Å². The molecule has 0 atom stereocenters. The Balaban J connectivity index is 2.36. The van der Waals surface area contributed by atoms with Gasteiger partial charge in [0, 0.05) is 5.92 Å². The average Bonchev–Trinajstić information content (AvgIpc) is 2.76. The Kier molecular flexibility index (Phi) is 1.37. The van der Waals surface area contributed by atoms with Gasteiger partial charge >= 0.3 is 0 Å². The van der Waals surface area contributed by atoms with E-state index in [1.165, 1.54) is 12.8 Å². The first-order chi connectivity index (χ1) is 5.33. The molecule has 0 unspecified atom stereocenters. The van der Waals surface area contributed by atoms with Gasteiger partial charge in [-0.15, -0.1) is 0 Å². The summed E-state index contributed by atoms with van der Waals surface area (Å²) in [6.07, 6.45) is 2.53. The lowest BCUT2D eigenvalue weighted by atomic mass is 10.2. The van der Waals surface area contributed by atoms with Crippen LogP contribution in [0.1, 0.15) is 30.1 Å². The van der Waals surface area contributed by atoms with E-state index in [1.807, 2.05) is 6.92 Å². The first kappa shape index (κ1) is 6.70. The molecule has 2 rings (SSSR count). The average molecular weight is 152 g/mol. The smallest absolute Gasteiger partial charge is 0.162 e. The standard InChI is InChI=1S/C8H12N2O/c1-5-8(11-2)7(10-9-5)6-3-4-6/h6H,3-4H2,1-2H3,(H,9,10). The molecule has 0 bridgehead atoms. The number of aryl methyl sites for hydroxylation is 1. The van der Waals surface area contributed by atoms with Gasteiger partial charge in [-0.2, -0.15) is 5.10 Å². The van der Waals surface area contributed by atoms with Gasteiger partial charge in [-0.05, 0) is 19.8 Å². The Hall–Kier alpha value is -0.990. The highest BCUT2D eigenvalue weighted by molar-refractivity contribution is 5.36. The lowest BCUT2D eigenvalue weighted by Gasteiger charge is -1.98. The Morgan fingerprint density at radius 2 is 2.27 bits per heavy atom. The van der Waals surface area contributed by atoms with E-state index in [2.05, 4.69) is 10.2 Å². The molecule has 0 saturated heterocycles. The van der Waals surface area contributed by atoms with E-state index in [0.29, 0.717) is 5.92 Å². The zero-order chi connectivity index (χ0) is 7.84. The van der Waals surface area contributed by atoms with Gasteiger partial charge in [0.25, 0.3) is 0 Å². The van der Waals surface area contributed by atoms with Crippen LogP contribution in [0.25, 0.3) is 0 Å². The van der Waals surface area contributed by atoms with E-state index >= 15 is 0 Å². The molecule has 1 heterocycles. The van der Waals surface area contributed by atoms with Crippen LogP contribution in [0, 0.1) is 6.92 Å². The summed E-state index contributed by atoms with van der Waals surface area (Å²) in [6, 6.07) is 0. The molecule has 3 nitrogen and oxygen atoms in total. The number of nitrogens with one attached hydrogen (secondary N) is 1. The molecule has 0 aliphatic heterocycles. The highest BCUT2D eigenvalue weighted by Crippen LogP contribution is 2.43. The van der Waals surface area contributed by atoms with Crippen molar-refractivity contribution >= 4 is 0 Å². The molecule has 1 aliphatic carbocycles. The SMILES string of the molecule is COc1c(C2CC2)n[nH]c1C. The fraction of sp³-hybridized carbons (Fsp3) is 0.625. The van der Waals surface area contributed by atoms with Crippen molar-refractivity contribution in [2.75, 3.05) is 7.11 Å². The Morgan fingerprint density at radius 1 is 1.55 bits per heavy atom. The number of hydrogen-bond acceptors (Lipinski definition) is 2. The summed E-state index contributed by atoms with van der Waals surface area (Å²) in [5.41, 5.74) is 2.15. The van der Waals surface area contributed by atoms with Crippen molar-refractivity contribution in [3.8, 4) is 5.75 Å². The Morgan fingerprint density at radius 3 is 2.82 bits per heavy atom. The third kappa shape index (κ3) is 1.00. The van der Waals surface area contributed by atoms with Crippen LogP contribution < -0.4 is 4.74 Å². The van der Waals surface area contributed by atoms with Gasteiger partial charge in [0.2, 0.25) is 0 Å². The first-order valence-electron chi connectivity index (χ1n) is 3.91. The molecular formula is C8H12N2O. The molecule has 0 radical (unpaired) electrons. The molecule has 0 amide bonds. The lowest BCUT2D eigenvalue weighted by Crippen LogP contribution is -1.87. The van der Waals surface area contributed by atoms with Crippen LogP contribution in [0.3, 0.4) is 0 Å². The van der Waals surface area contributed by atoms with Crippen LogP contribution in [0.2, 0.25) is 0 Å². The van der Waals surface area contributed by atoms with Crippen LogP contribution in [0.5, 0.6) is 5.75 Å². The Bertz CT molecular complexity index is 263. The molecule has 1 N–H and O–H groups in total. The minimum absolute atomic E-state index is 0.662.